The summed E-state index contributed by atoms with van der Waals surface area (Å²) in [4.78, 5) is 4.44. The van der Waals surface area contributed by atoms with Crippen LogP contribution in [0.25, 0.3) is 11.1 Å². The molecule has 1 fully saturated rings. The summed E-state index contributed by atoms with van der Waals surface area (Å²) in [6.45, 7) is 1.14. The molecule has 0 radical (unpaired) electrons. The van der Waals surface area contributed by atoms with E-state index < -0.39 is 0 Å². The van der Waals surface area contributed by atoms with E-state index in [1.165, 1.54) is 0 Å². The second kappa shape index (κ2) is 4.01. The largest absolute Gasteiger partial charge is 0.497 e. The predicted molar refractivity (Wildman–Crippen MR) is 62.1 cm³/mol. The number of hydrogen-bond acceptors (Lipinski definition) is 5. The number of benzene rings is 1. The molecule has 0 saturated carbocycles. The molecule has 2 aromatic rings. The van der Waals surface area contributed by atoms with E-state index in [0.29, 0.717) is 19.1 Å². The second-order valence-electron chi connectivity index (χ2n) is 4.19. The van der Waals surface area contributed by atoms with E-state index >= 15 is 0 Å². The van der Waals surface area contributed by atoms with E-state index in [-0.39, 0.29) is 12.0 Å². The summed E-state index contributed by atoms with van der Waals surface area (Å²) in [5, 5.41) is 0. The molecule has 0 aliphatic carbocycles. The minimum absolute atomic E-state index is 0.0371. The van der Waals surface area contributed by atoms with E-state index in [4.69, 9.17) is 19.6 Å². The van der Waals surface area contributed by atoms with E-state index in [9.17, 15) is 0 Å². The molecule has 5 nitrogen and oxygen atoms in total. The summed E-state index contributed by atoms with van der Waals surface area (Å²) in [6, 6.07) is 5.53. The van der Waals surface area contributed by atoms with Crippen molar-refractivity contribution in [1.29, 1.82) is 0 Å². The van der Waals surface area contributed by atoms with Crippen LogP contribution in [-0.4, -0.2) is 31.3 Å². The maximum Gasteiger partial charge on any atom is 0.202 e. The number of aromatic nitrogens is 1. The van der Waals surface area contributed by atoms with Gasteiger partial charge in [0.25, 0.3) is 0 Å². The zero-order valence-corrected chi connectivity index (χ0v) is 9.55. The molecule has 1 aliphatic rings. The first-order valence-electron chi connectivity index (χ1n) is 5.56. The molecule has 1 aromatic heterocycles. The Kier molecular flexibility index (Phi) is 2.49. The van der Waals surface area contributed by atoms with Crippen LogP contribution in [0.15, 0.2) is 22.6 Å². The van der Waals surface area contributed by atoms with Crippen LogP contribution >= 0.6 is 0 Å². The molecule has 2 unspecified atom stereocenters. The Morgan fingerprint density at radius 1 is 1.41 bits per heavy atom. The lowest BCUT2D eigenvalue weighted by Crippen LogP contribution is -2.26. The number of oxazole rings is 1. The van der Waals surface area contributed by atoms with E-state index in [1.807, 2.05) is 18.2 Å². The summed E-state index contributed by atoms with van der Waals surface area (Å²) >= 11 is 0. The van der Waals surface area contributed by atoms with Gasteiger partial charge in [-0.2, -0.15) is 0 Å². The number of methoxy groups -OCH3 is 1. The molecule has 5 heteroatoms. The lowest BCUT2D eigenvalue weighted by Gasteiger charge is -2.07. The standard InChI is InChI=1S/C12H14N2O3/c1-15-7-2-3-10-11(4-7)17-12(14-10)8-5-16-6-9(8)13/h2-4,8-9H,5-6,13H2,1H3. The third-order valence-corrected chi connectivity index (χ3v) is 3.05. The highest BCUT2D eigenvalue weighted by Gasteiger charge is 2.30. The maximum absolute atomic E-state index is 5.94. The Balaban J connectivity index is 2.01. The fourth-order valence-electron chi connectivity index (χ4n) is 2.03. The highest BCUT2D eigenvalue weighted by Crippen LogP contribution is 2.28. The van der Waals surface area contributed by atoms with Crippen LogP contribution in [0.5, 0.6) is 5.75 Å². The lowest BCUT2D eigenvalue weighted by molar-refractivity contribution is 0.188. The summed E-state index contributed by atoms with van der Waals surface area (Å²) in [7, 11) is 1.62. The molecule has 1 saturated heterocycles. The third kappa shape index (κ3) is 1.77. The number of rotatable bonds is 2. The van der Waals surface area contributed by atoms with E-state index in [0.717, 1.165) is 16.8 Å². The van der Waals surface area contributed by atoms with Crippen LogP contribution in [0, 0.1) is 0 Å². The SMILES string of the molecule is COc1ccc2nc(C3COCC3N)oc2c1. The zero-order chi connectivity index (χ0) is 11.8. The number of nitrogens with zero attached hydrogens (tertiary/aromatic N) is 1. The van der Waals surface area contributed by atoms with Crippen LogP contribution in [0.4, 0.5) is 0 Å². The summed E-state index contributed by atoms with van der Waals surface area (Å²) < 4.78 is 16.2. The van der Waals surface area contributed by atoms with Crippen molar-refractivity contribution in [3.8, 4) is 5.75 Å². The number of fused-ring (bicyclic) bond motifs is 1. The van der Waals surface area contributed by atoms with Crippen molar-refractivity contribution in [2.75, 3.05) is 20.3 Å². The lowest BCUT2D eigenvalue weighted by atomic mass is 10.1. The molecule has 0 amide bonds. The van der Waals surface area contributed by atoms with E-state index in [2.05, 4.69) is 4.98 Å². The van der Waals surface area contributed by atoms with Crippen LogP contribution in [0.2, 0.25) is 0 Å². The van der Waals surface area contributed by atoms with Gasteiger partial charge in [-0.1, -0.05) is 0 Å². The molecule has 1 aromatic carbocycles. The Morgan fingerprint density at radius 2 is 2.29 bits per heavy atom. The highest BCUT2D eigenvalue weighted by molar-refractivity contribution is 5.74. The van der Waals surface area contributed by atoms with Gasteiger partial charge in [-0.25, -0.2) is 4.98 Å². The fraction of sp³-hybridized carbons (Fsp3) is 0.417. The van der Waals surface area contributed by atoms with Gasteiger partial charge in [0.15, 0.2) is 5.58 Å². The van der Waals surface area contributed by atoms with E-state index in [1.54, 1.807) is 7.11 Å². The summed E-state index contributed by atoms with van der Waals surface area (Å²) in [6.07, 6.45) is 0. The fourth-order valence-corrected chi connectivity index (χ4v) is 2.03. The van der Waals surface area contributed by atoms with Crippen LogP contribution in [0.3, 0.4) is 0 Å². The van der Waals surface area contributed by atoms with Gasteiger partial charge < -0.3 is 19.6 Å². The predicted octanol–water partition coefficient (Wildman–Crippen LogP) is 1.28. The van der Waals surface area contributed by atoms with Gasteiger partial charge in [-0.3, -0.25) is 0 Å². The third-order valence-electron chi connectivity index (χ3n) is 3.05. The molecule has 3 rings (SSSR count). The molecule has 2 heterocycles. The van der Waals surface area contributed by atoms with Crippen molar-refractivity contribution < 1.29 is 13.9 Å². The second-order valence-corrected chi connectivity index (χ2v) is 4.19. The van der Waals surface area contributed by atoms with Gasteiger partial charge in [0, 0.05) is 12.1 Å². The normalized spacial score (nSPS) is 24.4. The van der Waals surface area contributed by atoms with Crippen LogP contribution in [-0.2, 0) is 4.74 Å². The van der Waals surface area contributed by atoms with Crippen molar-refractivity contribution >= 4 is 11.1 Å². The molecular formula is C12H14N2O3. The van der Waals surface area contributed by atoms with Crippen molar-refractivity contribution in [2.45, 2.75) is 12.0 Å². The minimum atomic E-state index is -0.0371. The molecule has 2 N–H and O–H groups in total. The summed E-state index contributed by atoms with van der Waals surface area (Å²) in [5.41, 5.74) is 7.48. The smallest absolute Gasteiger partial charge is 0.202 e. The van der Waals surface area contributed by atoms with Crippen molar-refractivity contribution in [1.82, 2.24) is 4.98 Å². The first-order valence-corrected chi connectivity index (χ1v) is 5.56. The van der Waals surface area contributed by atoms with Gasteiger partial charge in [0.2, 0.25) is 5.89 Å². The Bertz CT molecular complexity index is 538. The zero-order valence-electron chi connectivity index (χ0n) is 9.55. The molecular weight excluding hydrogens is 220 g/mol. The van der Waals surface area contributed by atoms with Gasteiger partial charge in [0.1, 0.15) is 11.3 Å². The van der Waals surface area contributed by atoms with Crippen LogP contribution in [0.1, 0.15) is 11.8 Å². The molecule has 0 bridgehead atoms. The van der Waals surface area contributed by atoms with Crippen molar-refractivity contribution in [3.63, 3.8) is 0 Å². The molecule has 1 aliphatic heterocycles. The average molecular weight is 234 g/mol. The summed E-state index contributed by atoms with van der Waals surface area (Å²) in [5.74, 6) is 1.46. The van der Waals surface area contributed by atoms with Gasteiger partial charge in [0.05, 0.1) is 26.2 Å². The Hall–Kier alpha value is -1.59. The van der Waals surface area contributed by atoms with Crippen molar-refractivity contribution in [2.24, 2.45) is 5.73 Å². The quantitative estimate of drug-likeness (QED) is 0.847. The van der Waals surface area contributed by atoms with Gasteiger partial charge in [-0.15, -0.1) is 0 Å². The monoisotopic (exact) mass is 234 g/mol. The van der Waals surface area contributed by atoms with Gasteiger partial charge in [-0.05, 0) is 12.1 Å². The average Bonchev–Trinajstić information content (AvgIpc) is 2.93. The molecule has 17 heavy (non-hydrogen) atoms. The van der Waals surface area contributed by atoms with Crippen LogP contribution < -0.4 is 10.5 Å². The molecule has 0 spiro atoms. The highest BCUT2D eigenvalue weighted by atomic mass is 16.5. The topological polar surface area (TPSA) is 70.5 Å². The Morgan fingerprint density at radius 3 is 3.00 bits per heavy atom. The first-order chi connectivity index (χ1) is 8.28. The first kappa shape index (κ1) is 10.6. The minimum Gasteiger partial charge on any atom is -0.497 e. The molecule has 2 atom stereocenters. The number of hydrogen-bond donors (Lipinski definition) is 1. The Labute approximate surface area is 98.5 Å². The van der Waals surface area contributed by atoms with Gasteiger partial charge >= 0.3 is 0 Å². The molecule has 90 valence electrons. The number of ether oxygens (including phenoxy) is 2. The number of nitrogens with two attached hydrogens (primary N) is 1. The maximum atomic E-state index is 5.94. The van der Waals surface area contributed by atoms with Crippen molar-refractivity contribution in [3.05, 3.63) is 24.1 Å².